The molecule has 0 atom stereocenters. The summed E-state index contributed by atoms with van der Waals surface area (Å²) < 4.78 is 9.56. The van der Waals surface area contributed by atoms with Gasteiger partial charge in [0.15, 0.2) is 11.2 Å². The highest BCUT2D eigenvalue weighted by Crippen LogP contribution is 2.22. The van der Waals surface area contributed by atoms with Crippen LogP contribution in [0.25, 0.3) is 11.2 Å². The van der Waals surface area contributed by atoms with E-state index < -0.39 is 11.2 Å². The first-order valence-electron chi connectivity index (χ1n) is 9.67. The van der Waals surface area contributed by atoms with Gasteiger partial charge in [-0.2, -0.15) is 4.98 Å². The molecule has 2 aromatic carbocycles. The van der Waals surface area contributed by atoms with Gasteiger partial charge in [0.05, 0.1) is 13.7 Å². The van der Waals surface area contributed by atoms with Crippen LogP contribution in [0.1, 0.15) is 11.1 Å². The Morgan fingerprint density at radius 1 is 1.06 bits per heavy atom. The van der Waals surface area contributed by atoms with Gasteiger partial charge in [0.2, 0.25) is 5.95 Å². The standard InChI is InChI=1S/C22H22ClN5O3/c1-26-19-18(20(29)27(2)22(26)30)28(13-14-7-6-9-16(11-14)31-3)21(25-19)24-12-15-8-4-5-10-17(15)23/h4-11H,12-13H2,1-3H3,(H,24,25). The molecule has 160 valence electrons. The molecule has 0 spiro atoms. The van der Waals surface area contributed by atoms with E-state index in [1.165, 1.54) is 11.6 Å². The molecule has 0 unspecified atom stereocenters. The Morgan fingerprint density at radius 3 is 2.58 bits per heavy atom. The number of hydrogen-bond acceptors (Lipinski definition) is 5. The van der Waals surface area contributed by atoms with Crippen LogP contribution >= 0.6 is 11.6 Å². The van der Waals surface area contributed by atoms with Crippen molar-refractivity contribution in [1.82, 2.24) is 18.7 Å². The van der Waals surface area contributed by atoms with E-state index in [0.717, 1.165) is 15.7 Å². The average molecular weight is 440 g/mol. The summed E-state index contributed by atoms with van der Waals surface area (Å²) in [5, 5.41) is 3.91. The fourth-order valence-electron chi connectivity index (χ4n) is 3.50. The van der Waals surface area contributed by atoms with Gasteiger partial charge in [0, 0.05) is 25.7 Å². The van der Waals surface area contributed by atoms with Crippen molar-refractivity contribution in [1.29, 1.82) is 0 Å². The maximum atomic E-state index is 13.0. The molecule has 1 N–H and O–H groups in total. The predicted octanol–water partition coefficient (Wildman–Crippen LogP) is 2.76. The Balaban J connectivity index is 1.85. The number of fused-ring (bicyclic) bond motifs is 1. The second-order valence-electron chi connectivity index (χ2n) is 7.20. The maximum Gasteiger partial charge on any atom is 0.332 e. The van der Waals surface area contributed by atoms with Crippen molar-refractivity contribution in [2.24, 2.45) is 14.1 Å². The summed E-state index contributed by atoms with van der Waals surface area (Å²) in [4.78, 5) is 30.0. The van der Waals surface area contributed by atoms with E-state index >= 15 is 0 Å². The Kier molecular flexibility index (Phi) is 5.56. The van der Waals surface area contributed by atoms with E-state index in [-0.39, 0.29) is 0 Å². The molecule has 2 heterocycles. The monoisotopic (exact) mass is 439 g/mol. The van der Waals surface area contributed by atoms with Crippen molar-refractivity contribution >= 4 is 28.7 Å². The molecule has 0 saturated heterocycles. The summed E-state index contributed by atoms with van der Waals surface area (Å²) in [6, 6.07) is 15.1. The molecule has 4 aromatic rings. The molecule has 0 amide bonds. The van der Waals surface area contributed by atoms with Gasteiger partial charge in [-0.05, 0) is 29.3 Å². The van der Waals surface area contributed by atoms with Crippen molar-refractivity contribution in [3.05, 3.63) is 85.5 Å². The number of halogens is 1. The number of nitrogens with one attached hydrogen (secondary N) is 1. The van der Waals surface area contributed by atoms with E-state index in [1.807, 2.05) is 48.5 Å². The smallest absolute Gasteiger partial charge is 0.332 e. The number of nitrogens with zero attached hydrogens (tertiary/aromatic N) is 4. The van der Waals surface area contributed by atoms with E-state index in [2.05, 4.69) is 10.3 Å². The second-order valence-corrected chi connectivity index (χ2v) is 7.60. The first-order chi connectivity index (χ1) is 14.9. The minimum Gasteiger partial charge on any atom is -0.497 e. The third-order valence-corrected chi connectivity index (χ3v) is 5.59. The molecule has 0 aliphatic carbocycles. The fourth-order valence-corrected chi connectivity index (χ4v) is 3.71. The highest BCUT2D eigenvalue weighted by Gasteiger charge is 2.19. The lowest BCUT2D eigenvalue weighted by molar-refractivity contribution is 0.414. The molecular formula is C22H22ClN5O3. The Bertz CT molecular complexity index is 1390. The van der Waals surface area contributed by atoms with Crippen LogP contribution < -0.4 is 21.3 Å². The number of hydrogen-bond donors (Lipinski definition) is 1. The Labute approximate surface area is 183 Å². The number of rotatable bonds is 6. The predicted molar refractivity (Wildman–Crippen MR) is 121 cm³/mol. The van der Waals surface area contributed by atoms with Crippen LogP contribution in [-0.2, 0) is 27.2 Å². The van der Waals surface area contributed by atoms with Gasteiger partial charge in [0.1, 0.15) is 5.75 Å². The molecule has 9 heteroatoms. The van der Waals surface area contributed by atoms with Crippen LogP contribution in [-0.4, -0.2) is 25.8 Å². The van der Waals surface area contributed by atoms with Gasteiger partial charge in [-0.25, -0.2) is 4.79 Å². The third-order valence-electron chi connectivity index (χ3n) is 5.22. The zero-order valence-corrected chi connectivity index (χ0v) is 18.2. The number of methoxy groups -OCH3 is 1. The second kappa shape index (κ2) is 8.31. The fraction of sp³-hybridized carbons (Fsp3) is 0.227. The Morgan fingerprint density at radius 2 is 1.84 bits per heavy atom. The number of benzene rings is 2. The molecule has 0 radical (unpaired) electrons. The topological polar surface area (TPSA) is 83.1 Å². The molecule has 4 rings (SSSR count). The summed E-state index contributed by atoms with van der Waals surface area (Å²) in [6.45, 7) is 0.779. The lowest BCUT2D eigenvalue weighted by atomic mass is 10.2. The summed E-state index contributed by atoms with van der Waals surface area (Å²) >= 11 is 6.28. The molecule has 0 aliphatic heterocycles. The average Bonchev–Trinajstić information content (AvgIpc) is 3.14. The van der Waals surface area contributed by atoms with Crippen LogP contribution in [0.15, 0.2) is 58.1 Å². The third kappa shape index (κ3) is 3.82. The number of imidazole rings is 1. The molecule has 2 aromatic heterocycles. The van der Waals surface area contributed by atoms with E-state index in [1.54, 1.807) is 18.7 Å². The zero-order valence-electron chi connectivity index (χ0n) is 17.4. The summed E-state index contributed by atoms with van der Waals surface area (Å²) in [7, 11) is 4.67. The quantitative estimate of drug-likeness (QED) is 0.499. The molecular weight excluding hydrogens is 418 g/mol. The van der Waals surface area contributed by atoms with Crippen LogP contribution in [0.4, 0.5) is 5.95 Å². The van der Waals surface area contributed by atoms with E-state index in [4.69, 9.17) is 16.3 Å². The molecule has 0 saturated carbocycles. The molecule has 8 nitrogen and oxygen atoms in total. The molecule has 0 fully saturated rings. The number of aryl methyl sites for hydroxylation is 1. The first kappa shape index (κ1) is 20.7. The number of ether oxygens (including phenoxy) is 1. The van der Waals surface area contributed by atoms with Crippen molar-refractivity contribution in [2.75, 3.05) is 12.4 Å². The van der Waals surface area contributed by atoms with Crippen LogP contribution in [0.3, 0.4) is 0 Å². The minimum atomic E-state index is -0.429. The van der Waals surface area contributed by atoms with E-state index in [0.29, 0.717) is 41.0 Å². The van der Waals surface area contributed by atoms with Crippen molar-refractivity contribution in [2.45, 2.75) is 13.1 Å². The van der Waals surface area contributed by atoms with Gasteiger partial charge >= 0.3 is 5.69 Å². The SMILES string of the molecule is COc1cccc(Cn2c(NCc3ccccc3Cl)nc3c2c(=O)n(C)c(=O)n3C)c1. The van der Waals surface area contributed by atoms with Crippen molar-refractivity contribution < 1.29 is 4.74 Å². The normalized spacial score (nSPS) is 11.1. The lowest BCUT2D eigenvalue weighted by Crippen LogP contribution is -2.37. The highest BCUT2D eigenvalue weighted by atomic mass is 35.5. The molecule has 0 bridgehead atoms. The van der Waals surface area contributed by atoms with Gasteiger partial charge in [-0.1, -0.05) is 41.9 Å². The van der Waals surface area contributed by atoms with Gasteiger partial charge in [-0.3, -0.25) is 18.5 Å². The first-order valence-corrected chi connectivity index (χ1v) is 10.0. The van der Waals surface area contributed by atoms with Crippen LogP contribution in [0.2, 0.25) is 5.02 Å². The van der Waals surface area contributed by atoms with Crippen LogP contribution in [0, 0.1) is 0 Å². The summed E-state index contributed by atoms with van der Waals surface area (Å²) in [6.07, 6.45) is 0. The van der Waals surface area contributed by atoms with Crippen LogP contribution in [0.5, 0.6) is 5.75 Å². The largest absolute Gasteiger partial charge is 0.497 e. The van der Waals surface area contributed by atoms with Gasteiger partial charge in [0.25, 0.3) is 5.56 Å². The summed E-state index contributed by atoms with van der Waals surface area (Å²) in [5.74, 6) is 1.18. The summed E-state index contributed by atoms with van der Waals surface area (Å²) in [5.41, 5.74) is 1.65. The van der Waals surface area contributed by atoms with Gasteiger partial charge in [-0.15, -0.1) is 0 Å². The number of aromatic nitrogens is 4. The molecule has 0 aliphatic rings. The number of anilines is 1. The van der Waals surface area contributed by atoms with Crippen molar-refractivity contribution in [3.63, 3.8) is 0 Å². The Hall–Kier alpha value is -3.52. The van der Waals surface area contributed by atoms with E-state index in [9.17, 15) is 9.59 Å². The van der Waals surface area contributed by atoms with Gasteiger partial charge < -0.3 is 10.1 Å². The maximum absolute atomic E-state index is 13.0. The minimum absolute atomic E-state index is 0.317. The highest BCUT2D eigenvalue weighted by molar-refractivity contribution is 6.31. The zero-order chi connectivity index (χ0) is 22.1. The molecule has 31 heavy (non-hydrogen) atoms. The van der Waals surface area contributed by atoms with Crippen molar-refractivity contribution in [3.8, 4) is 5.75 Å². The lowest BCUT2D eigenvalue weighted by Gasteiger charge is -2.12.